The second-order valence-electron chi connectivity index (χ2n) is 7.60. The van der Waals surface area contributed by atoms with E-state index < -0.39 is 15.9 Å². The molecule has 4 aromatic rings. The molecule has 1 heterocycles. The van der Waals surface area contributed by atoms with Gasteiger partial charge in [0, 0.05) is 19.2 Å². The number of aromatic nitrogens is 2. The van der Waals surface area contributed by atoms with Crippen molar-refractivity contribution in [3.8, 4) is 11.4 Å². The molecule has 1 aromatic heterocycles. The fourth-order valence-corrected chi connectivity index (χ4v) is 4.41. The summed E-state index contributed by atoms with van der Waals surface area (Å²) in [7, 11) is -1.97. The molecule has 0 fully saturated rings. The molecule has 3 aromatic carbocycles. The third-order valence-corrected chi connectivity index (χ3v) is 6.63. The minimum Gasteiger partial charge on any atom is -0.351 e. The van der Waals surface area contributed by atoms with Crippen molar-refractivity contribution in [1.82, 2.24) is 19.6 Å². The number of benzene rings is 3. The highest BCUT2D eigenvalue weighted by Gasteiger charge is 2.18. The summed E-state index contributed by atoms with van der Waals surface area (Å²) in [5.41, 5.74) is 4.41. The second kappa shape index (κ2) is 8.94. The van der Waals surface area contributed by atoms with Gasteiger partial charge in [-0.1, -0.05) is 60.2 Å². The highest BCUT2D eigenvalue weighted by molar-refractivity contribution is 7.89. The van der Waals surface area contributed by atoms with Crippen LogP contribution in [0, 0.1) is 6.92 Å². The molecule has 2 N–H and O–H groups in total. The van der Waals surface area contributed by atoms with Crippen molar-refractivity contribution >= 4 is 27.0 Å². The van der Waals surface area contributed by atoms with E-state index >= 15 is 0 Å². The maximum atomic E-state index is 12.7. The Bertz CT molecular complexity index is 1360. The topological polar surface area (TPSA) is 93.1 Å². The maximum Gasteiger partial charge on any atom is 0.241 e. The molecule has 0 unspecified atom stereocenters. The molecule has 0 radical (unpaired) electrons. The number of carbonyl (C=O) groups is 1. The summed E-state index contributed by atoms with van der Waals surface area (Å²) >= 11 is 0. The highest BCUT2D eigenvalue weighted by Crippen LogP contribution is 2.25. The highest BCUT2D eigenvalue weighted by atomic mass is 32.2. The quantitative estimate of drug-likeness (QED) is 0.454. The summed E-state index contributed by atoms with van der Waals surface area (Å²) in [6.45, 7) is 1.98. The van der Waals surface area contributed by atoms with Gasteiger partial charge in [0.1, 0.15) is 5.82 Å². The van der Waals surface area contributed by atoms with Crippen molar-refractivity contribution in [2.75, 3.05) is 6.54 Å². The van der Waals surface area contributed by atoms with Crippen LogP contribution in [0.5, 0.6) is 0 Å². The van der Waals surface area contributed by atoms with Crippen LogP contribution in [0.2, 0.25) is 0 Å². The first-order valence-electron chi connectivity index (χ1n) is 10.2. The smallest absolute Gasteiger partial charge is 0.241 e. The molecule has 8 heteroatoms. The largest absolute Gasteiger partial charge is 0.351 e. The minimum atomic E-state index is -3.86. The first kappa shape index (κ1) is 21.7. The van der Waals surface area contributed by atoms with E-state index in [9.17, 15) is 13.2 Å². The van der Waals surface area contributed by atoms with Crippen molar-refractivity contribution < 1.29 is 13.2 Å². The molecule has 0 aliphatic carbocycles. The zero-order valence-corrected chi connectivity index (χ0v) is 18.7. The van der Waals surface area contributed by atoms with Crippen LogP contribution in [-0.4, -0.2) is 30.4 Å². The Morgan fingerprint density at radius 1 is 1.00 bits per heavy atom. The van der Waals surface area contributed by atoms with E-state index in [1.807, 2.05) is 73.1 Å². The van der Waals surface area contributed by atoms with Gasteiger partial charge in [-0.25, -0.2) is 18.1 Å². The second-order valence-corrected chi connectivity index (χ2v) is 9.36. The van der Waals surface area contributed by atoms with Crippen molar-refractivity contribution in [2.45, 2.75) is 18.4 Å². The maximum absolute atomic E-state index is 12.7. The number of amides is 1. The summed E-state index contributed by atoms with van der Waals surface area (Å²) in [5, 5.41) is 2.72. The van der Waals surface area contributed by atoms with Crippen molar-refractivity contribution in [2.24, 2.45) is 7.05 Å². The number of hydrogen-bond donors (Lipinski definition) is 2. The summed E-state index contributed by atoms with van der Waals surface area (Å²) in [6, 6.07) is 22.2. The van der Waals surface area contributed by atoms with Crippen LogP contribution in [0.3, 0.4) is 0 Å². The van der Waals surface area contributed by atoms with Crippen LogP contribution in [0.25, 0.3) is 22.4 Å². The molecule has 32 heavy (non-hydrogen) atoms. The summed E-state index contributed by atoms with van der Waals surface area (Å²) in [4.78, 5) is 16.8. The number of nitrogens with one attached hydrogen (secondary N) is 2. The number of carbonyl (C=O) groups excluding carboxylic acids is 1. The summed E-state index contributed by atoms with van der Waals surface area (Å²) < 4.78 is 29.7. The van der Waals surface area contributed by atoms with Gasteiger partial charge in [-0.15, -0.1) is 0 Å². The number of imidazole rings is 1. The normalized spacial score (nSPS) is 11.6. The first-order valence-corrected chi connectivity index (χ1v) is 11.7. The van der Waals surface area contributed by atoms with E-state index in [1.54, 1.807) is 6.07 Å². The molecule has 0 aliphatic rings. The number of rotatable bonds is 7. The molecule has 1 amide bonds. The van der Waals surface area contributed by atoms with Gasteiger partial charge in [-0.05, 0) is 30.7 Å². The van der Waals surface area contributed by atoms with Gasteiger partial charge >= 0.3 is 0 Å². The van der Waals surface area contributed by atoms with E-state index in [0.29, 0.717) is 12.1 Å². The molecule has 0 saturated heterocycles. The number of sulfonamides is 1. The van der Waals surface area contributed by atoms with E-state index in [1.165, 1.54) is 12.1 Å². The van der Waals surface area contributed by atoms with E-state index in [-0.39, 0.29) is 11.4 Å². The minimum absolute atomic E-state index is 0.0639. The lowest BCUT2D eigenvalue weighted by atomic mass is 10.1. The van der Waals surface area contributed by atoms with Gasteiger partial charge in [0.2, 0.25) is 15.9 Å². The lowest BCUT2D eigenvalue weighted by Gasteiger charge is -2.08. The molecule has 0 aliphatic heterocycles. The van der Waals surface area contributed by atoms with Crippen molar-refractivity contribution in [3.63, 3.8) is 0 Å². The zero-order chi connectivity index (χ0) is 22.7. The molecule has 4 rings (SSSR count). The zero-order valence-electron chi connectivity index (χ0n) is 17.9. The standard InChI is InChI=1S/C24H24N4O3S/c1-17-8-10-18(11-9-17)15-25-23(29)16-26-32(30,31)20-12-13-22-21(14-20)27-24(28(22)2)19-6-4-3-5-7-19/h3-14,26H,15-16H2,1-2H3,(H,25,29). The monoisotopic (exact) mass is 448 g/mol. The van der Waals surface area contributed by atoms with Crippen LogP contribution in [0.1, 0.15) is 11.1 Å². The Morgan fingerprint density at radius 2 is 1.72 bits per heavy atom. The number of aryl methyl sites for hydroxylation is 2. The Hall–Kier alpha value is -3.49. The number of fused-ring (bicyclic) bond motifs is 1. The molecular formula is C24H24N4O3S. The fourth-order valence-electron chi connectivity index (χ4n) is 3.41. The SMILES string of the molecule is Cc1ccc(CNC(=O)CNS(=O)(=O)c2ccc3c(c2)nc(-c2ccccc2)n3C)cc1. The lowest BCUT2D eigenvalue weighted by molar-refractivity contribution is -0.120. The Morgan fingerprint density at radius 3 is 2.44 bits per heavy atom. The van der Waals surface area contributed by atoms with Crippen LogP contribution in [0.4, 0.5) is 0 Å². The van der Waals surface area contributed by atoms with Crippen molar-refractivity contribution in [1.29, 1.82) is 0 Å². The van der Waals surface area contributed by atoms with Gasteiger partial charge < -0.3 is 9.88 Å². The van der Waals surface area contributed by atoms with Gasteiger partial charge in [-0.3, -0.25) is 4.79 Å². The van der Waals surface area contributed by atoms with Gasteiger partial charge in [-0.2, -0.15) is 0 Å². The average Bonchev–Trinajstić information content (AvgIpc) is 3.14. The van der Waals surface area contributed by atoms with E-state index in [0.717, 1.165) is 28.0 Å². The molecular weight excluding hydrogens is 424 g/mol. The molecule has 7 nitrogen and oxygen atoms in total. The number of nitrogens with zero attached hydrogens (tertiary/aromatic N) is 2. The predicted molar refractivity (Wildman–Crippen MR) is 124 cm³/mol. The predicted octanol–water partition coefficient (Wildman–Crippen LogP) is 3.14. The van der Waals surface area contributed by atoms with Crippen molar-refractivity contribution in [3.05, 3.63) is 83.9 Å². The van der Waals surface area contributed by atoms with Crippen LogP contribution < -0.4 is 10.0 Å². The molecule has 0 atom stereocenters. The Balaban J connectivity index is 1.45. The molecule has 0 bridgehead atoms. The van der Waals surface area contributed by atoms with Gasteiger partial charge in [0.25, 0.3) is 0 Å². The Kier molecular flexibility index (Phi) is 6.07. The first-order chi connectivity index (χ1) is 15.3. The fraction of sp³-hybridized carbons (Fsp3) is 0.167. The van der Waals surface area contributed by atoms with Gasteiger partial charge in [0.15, 0.2) is 0 Å². The van der Waals surface area contributed by atoms with E-state index in [2.05, 4.69) is 15.0 Å². The average molecular weight is 449 g/mol. The summed E-state index contributed by atoms with van der Waals surface area (Å²) in [5.74, 6) is 0.345. The third kappa shape index (κ3) is 4.71. The third-order valence-electron chi connectivity index (χ3n) is 5.23. The van der Waals surface area contributed by atoms with Crippen LogP contribution in [0.15, 0.2) is 77.7 Å². The van der Waals surface area contributed by atoms with Gasteiger partial charge in [0.05, 0.1) is 22.5 Å². The van der Waals surface area contributed by atoms with Crippen LogP contribution >= 0.6 is 0 Å². The number of hydrogen-bond acceptors (Lipinski definition) is 4. The lowest BCUT2D eigenvalue weighted by Crippen LogP contribution is -2.36. The molecule has 0 saturated carbocycles. The van der Waals surface area contributed by atoms with Crippen LogP contribution in [-0.2, 0) is 28.4 Å². The Labute approximate surface area is 187 Å². The van der Waals surface area contributed by atoms with E-state index in [4.69, 9.17) is 0 Å². The summed E-state index contributed by atoms with van der Waals surface area (Å²) in [6.07, 6.45) is 0. The molecule has 164 valence electrons. The molecule has 0 spiro atoms.